The van der Waals surface area contributed by atoms with E-state index in [1.165, 1.54) is 4.68 Å². The van der Waals surface area contributed by atoms with Crippen molar-refractivity contribution in [3.05, 3.63) is 75.9 Å². The second-order valence-electron chi connectivity index (χ2n) is 6.74. The zero-order valence-corrected chi connectivity index (χ0v) is 18.0. The molecule has 0 aliphatic carbocycles. The Morgan fingerprint density at radius 2 is 1.68 bits per heavy atom. The van der Waals surface area contributed by atoms with E-state index in [1.807, 2.05) is 43.3 Å². The predicted octanol–water partition coefficient (Wildman–Crippen LogP) is 3.72. The van der Waals surface area contributed by atoms with Gasteiger partial charge in [-0.05, 0) is 50.6 Å². The van der Waals surface area contributed by atoms with Crippen molar-refractivity contribution in [2.45, 2.75) is 27.3 Å². The van der Waals surface area contributed by atoms with Crippen LogP contribution in [0.25, 0.3) is 16.8 Å². The van der Waals surface area contributed by atoms with E-state index in [0.717, 1.165) is 16.6 Å². The van der Waals surface area contributed by atoms with E-state index in [9.17, 15) is 9.59 Å². The van der Waals surface area contributed by atoms with Crippen molar-refractivity contribution in [2.75, 3.05) is 19.8 Å². The molecule has 0 aliphatic heterocycles. The van der Waals surface area contributed by atoms with Crippen LogP contribution in [0.3, 0.4) is 0 Å². The second kappa shape index (κ2) is 10.4. The zero-order valence-electron chi connectivity index (χ0n) is 18.0. The molecule has 162 valence electrons. The Hall–Kier alpha value is -3.61. The van der Waals surface area contributed by atoms with Crippen LogP contribution in [0.2, 0.25) is 0 Å². The average Bonchev–Trinajstić information content (AvgIpc) is 2.78. The molecule has 0 spiro atoms. The fourth-order valence-corrected chi connectivity index (χ4v) is 3.13. The number of esters is 1. The number of aromatic nitrogens is 2. The van der Waals surface area contributed by atoms with Gasteiger partial charge < -0.3 is 14.2 Å². The van der Waals surface area contributed by atoms with E-state index < -0.39 is 5.97 Å². The van der Waals surface area contributed by atoms with Crippen molar-refractivity contribution < 1.29 is 19.0 Å². The number of rotatable bonds is 9. The summed E-state index contributed by atoms with van der Waals surface area (Å²) in [5.41, 5.74) is 1.46. The molecule has 0 amide bonds. The van der Waals surface area contributed by atoms with Crippen molar-refractivity contribution in [3.8, 4) is 5.75 Å². The molecule has 0 N–H and O–H groups in total. The Labute approximate surface area is 180 Å². The SMILES string of the molecule is CCOC(=O)/C(=C/c1ccc(OCCn2nc(C)c3ccccc3c2=O)cc1)OCC. The number of aryl methyl sites for hydroxylation is 1. The molecule has 1 heterocycles. The zero-order chi connectivity index (χ0) is 22.2. The molecule has 0 saturated carbocycles. The van der Waals surface area contributed by atoms with Gasteiger partial charge >= 0.3 is 5.97 Å². The van der Waals surface area contributed by atoms with Crippen LogP contribution in [0.1, 0.15) is 25.1 Å². The summed E-state index contributed by atoms with van der Waals surface area (Å²) in [6.07, 6.45) is 1.63. The largest absolute Gasteiger partial charge is 0.492 e. The van der Waals surface area contributed by atoms with E-state index in [2.05, 4.69) is 5.10 Å². The van der Waals surface area contributed by atoms with Crippen LogP contribution in [0.15, 0.2) is 59.1 Å². The Bertz CT molecular complexity index is 1130. The summed E-state index contributed by atoms with van der Waals surface area (Å²) in [5.74, 6) is 0.320. The van der Waals surface area contributed by atoms with E-state index in [0.29, 0.717) is 30.9 Å². The Morgan fingerprint density at radius 3 is 2.35 bits per heavy atom. The maximum absolute atomic E-state index is 12.6. The predicted molar refractivity (Wildman–Crippen MR) is 119 cm³/mol. The number of hydrogen-bond donors (Lipinski definition) is 0. The molecule has 0 fully saturated rings. The summed E-state index contributed by atoms with van der Waals surface area (Å²) < 4.78 is 17.6. The van der Waals surface area contributed by atoms with Crippen molar-refractivity contribution in [3.63, 3.8) is 0 Å². The van der Waals surface area contributed by atoms with E-state index >= 15 is 0 Å². The lowest BCUT2D eigenvalue weighted by Crippen LogP contribution is -2.26. The highest BCUT2D eigenvalue weighted by Crippen LogP contribution is 2.16. The molecular formula is C24H26N2O5. The third-order valence-electron chi connectivity index (χ3n) is 4.58. The maximum Gasteiger partial charge on any atom is 0.373 e. The second-order valence-corrected chi connectivity index (χ2v) is 6.74. The maximum atomic E-state index is 12.6. The number of fused-ring (bicyclic) bond motifs is 1. The van der Waals surface area contributed by atoms with Gasteiger partial charge in [-0.15, -0.1) is 0 Å². The number of nitrogens with zero attached hydrogens (tertiary/aromatic N) is 2. The summed E-state index contributed by atoms with van der Waals surface area (Å²) in [6, 6.07) is 14.7. The van der Waals surface area contributed by atoms with Crippen LogP contribution in [-0.4, -0.2) is 35.6 Å². The number of benzene rings is 2. The topological polar surface area (TPSA) is 79.7 Å². The van der Waals surface area contributed by atoms with Gasteiger partial charge in [-0.2, -0.15) is 5.10 Å². The summed E-state index contributed by atoms with van der Waals surface area (Å²) in [5, 5.41) is 5.90. The van der Waals surface area contributed by atoms with Gasteiger partial charge in [0, 0.05) is 5.39 Å². The van der Waals surface area contributed by atoms with Crippen LogP contribution >= 0.6 is 0 Å². The number of ether oxygens (including phenoxy) is 3. The van der Waals surface area contributed by atoms with Crippen molar-refractivity contribution >= 4 is 22.8 Å². The molecule has 0 aliphatic rings. The van der Waals surface area contributed by atoms with Gasteiger partial charge in [-0.25, -0.2) is 9.48 Å². The fraction of sp³-hybridized carbons (Fsp3) is 0.292. The Balaban J connectivity index is 1.65. The summed E-state index contributed by atoms with van der Waals surface area (Å²) in [7, 11) is 0. The first-order valence-corrected chi connectivity index (χ1v) is 10.2. The lowest BCUT2D eigenvalue weighted by molar-refractivity contribution is -0.142. The molecule has 7 heteroatoms. The lowest BCUT2D eigenvalue weighted by Gasteiger charge is -2.10. The van der Waals surface area contributed by atoms with Crippen molar-refractivity contribution in [2.24, 2.45) is 0 Å². The minimum Gasteiger partial charge on any atom is -0.492 e. The van der Waals surface area contributed by atoms with Crippen LogP contribution in [0, 0.1) is 6.92 Å². The monoisotopic (exact) mass is 422 g/mol. The quantitative estimate of drug-likeness (QED) is 0.297. The van der Waals surface area contributed by atoms with Gasteiger partial charge in [0.05, 0.1) is 30.8 Å². The molecule has 3 rings (SSSR count). The lowest BCUT2D eigenvalue weighted by atomic mass is 10.1. The third-order valence-corrected chi connectivity index (χ3v) is 4.58. The van der Waals surface area contributed by atoms with Gasteiger partial charge in [0.2, 0.25) is 5.76 Å². The molecule has 0 unspecified atom stereocenters. The Morgan fingerprint density at radius 1 is 1.00 bits per heavy atom. The first kappa shape index (κ1) is 22.1. The van der Waals surface area contributed by atoms with Crippen LogP contribution in [-0.2, 0) is 20.8 Å². The molecule has 31 heavy (non-hydrogen) atoms. The van der Waals surface area contributed by atoms with Gasteiger partial charge in [0.15, 0.2) is 0 Å². The molecule has 0 saturated heterocycles. The first-order chi connectivity index (χ1) is 15.0. The van der Waals surface area contributed by atoms with Crippen LogP contribution in [0.5, 0.6) is 5.75 Å². The standard InChI is InChI=1S/C24H26N2O5/c1-4-29-22(24(28)30-5-2)16-18-10-12-19(13-11-18)31-15-14-26-23(27)21-9-7-6-8-20(21)17(3)25-26/h6-13,16H,4-5,14-15H2,1-3H3/b22-16-. The van der Waals surface area contributed by atoms with Crippen molar-refractivity contribution in [1.29, 1.82) is 0 Å². The molecular weight excluding hydrogens is 396 g/mol. The van der Waals surface area contributed by atoms with Gasteiger partial charge in [0.25, 0.3) is 5.56 Å². The highest BCUT2D eigenvalue weighted by atomic mass is 16.6. The van der Waals surface area contributed by atoms with E-state index in [-0.39, 0.29) is 17.9 Å². The minimum absolute atomic E-state index is 0.132. The van der Waals surface area contributed by atoms with Gasteiger partial charge in [0.1, 0.15) is 12.4 Å². The van der Waals surface area contributed by atoms with Gasteiger partial charge in [-0.3, -0.25) is 4.79 Å². The normalized spacial score (nSPS) is 11.4. The summed E-state index contributed by atoms with van der Waals surface area (Å²) in [6.45, 7) is 6.73. The van der Waals surface area contributed by atoms with E-state index in [1.54, 1.807) is 32.1 Å². The average molecular weight is 422 g/mol. The van der Waals surface area contributed by atoms with Crippen LogP contribution < -0.4 is 10.3 Å². The molecule has 1 aromatic heterocycles. The number of hydrogen-bond acceptors (Lipinski definition) is 6. The van der Waals surface area contributed by atoms with E-state index in [4.69, 9.17) is 14.2 Å². The van der Waals surface area contributed by atoms with Crippen LogP contribution in [0.4, 0.5) is 0 Å². The summed E-state index contributed by atoms with van der Waals surface area (Å²) in [4.78, 5) is 24.6. The molecule has 0 atom stereocenters. The Kier molecular flexibility index (Phi) is 7.43. The summed E-state index contributed by atoms with van der Waals surface area (Å²) >= 11 is 0. The number of carbonyl (C=O) groups is 1. The first-order valence-electron chi connectivity index (χ1n) is 10.2. The minimum atomic E-state index is -0.492. The third kappa shape index (κ3) is 5.51. The highest BCUT2D eigenvalue weighted by molar-refractivity contribution is 5.91. The molecule has 7 nitrogen and oxygen atoms in total. The van der Waals surface area contributed by atoms with Crippen molar-refractivity contribution in [1.82, 2.24) is 9.78 Å². The molecule has 3 aromatic rings. The highest BCUT2D eigenvalue weighted by Gasteiger charge is 2.12. The van der Waals surface area contributed by atoms with Gasteiger partial charge in [-0.1, -0.05) is 30.3 Å². The molecule has 2 aromatic carbocycles. The molecule has 0 radical (unpaired) electrons. The number of carbonyl (C=O) groups excluding carboxylic acids is 1. The molecule has 0 bridgehead atoms. The fourth-order valence-electron chi connectivity index (χ4n) is 3.13. The smallest absolute Gasteiger partial charge is 0.373 e.